The maximum atomic E-state index is 12.8. The van der Waals surface area contributed by atoms with E-state index in [0.717, 1.165) is 19.3 Å². The number of carbonyl (C=O) groups excluding carboxylic acids is 2. The van der Waals surface area contributed by atoms with Gasteiger partial charge in [0.05, 0.1) is 6.61 Å². The first-order chi connectivity index (χ1) is 12.2. The highest BCUT2D eigenvalue weighted by molar-refractivity contribution is 6.18. The summed E-state index contributed by atoms with van der Waals surface area (Å²) in [5.74, 6) is 0.427. The Morgan fingerprint density at radius 2 is 2.00 bits per heavy atom. The normalized spacial score (nSPS) is 44.2. The van der Waals surface area contributed by atoms with Crippen LogP contribution in [0.15, 0.2) is 23.8 Å². The Bertz CT molecular complexity index is 718. The van der Waals surface area contributed by atoms with E-state index in [-0.39, 0.29) is 28.5 Å². The van der Waals surface area contributed by atoms with Crippen LogP contribution in [0.4, 0.5) is 0 Å². The Morgan fingerprint density at radius 3 is 2.69 bits per heavy atom. The molecule has 4 heteroatoms. The number of aliphatic hydroxyl groups excluding tert-OH is 1. The van der Waals surface area contributed by atoms with Gasteiger partial charge in [-0.1, -0.05) is 39.3 Å². The molecule has 1 N–H and O–H groups in total. The Morgan fingerprint density at radius 1 is 1.27 bits per heavy atom. The molecule has 0 bridgehead atoms. The van der Waals surface area contributed by atoms with Gasteiger partial charge in [0.1, 0.15) is 0 Å². The molecule has 26 heavy (non-hydrogen) atoms. The fourth-order valence-corrected chi connectivity index (χ4v) is 6.48. The molecule has 2 saturated carbocycles. The second-order valence-corrected chi connectivity index (χ2v) is 9.80. The van der Waals surface area contributed by atoms with Gasteiger partial charge in [-0.2, -0.15) is 0 Å². The highest BCUT2D eigenvalue weighted by Crippen LogP contribution is 2.63. The molecule has 4 aliphatic rings. The zero-order chi connectivity index (χ0) is 18.9. The quantitative estimate of drug-likeness (QED) is 0.620. The van der Waals surface area contributed by atoms with E-state index < -0.39 is 18.3 Å². The number of ketones is 2. The minimum Gasteiger partial charge on any atom is -0.392 e. The number of Topliss-reactive ketones (excluding diaryl/α,β-unsaturated/α-hetero) is 1. The summed E-state index contributed by atoms with van der Waals surface area (Å²) in [7, 11) is 0. The SMILES string of the molecule is C=C1CCC2C(C)(C)CCCC2(C)C1CC12OC1C(=O)C(CO)=CC2=O. The van der Waals surface area contributed by atoms with E-state index in [2.05, 4.69) is 27.4 Å². The lowest BCUT2D eigenvalue weighted by Crippen LogP contribution is -2.51. The molecule has 0 spiro atoms. The highest BCUT2D eigenvalue weighted by Gasteiger charge is 2.69. The van der Waals surface area contributed by atoms with E-state index in [1.165, 1.54) is 24.5 Å². The lowest BCUT2D eigenvalue weighted by molar-refractivity contribution is -0.124. The fraction of sp³-hybridized carbons (Fsp3) is 0.727. The summed E-state index contributed by atoms with van der Waals surface area (Å²) in [6.07, 6.45) is 6.91. The summed E-state index contributed by atoms with van der Waals surface area (Å²) in [6, 6.07) is 0. The van der Waals surface area contributed by atoms with Crippen LogP contribution in [0, 0.1) is 22.7 Å². The van der Waals surface area contributed by atoms with E-state index >= 15 is 0 Å². The molecule has 5 atom stereocenters. The molecule has 142 valence electrons. The molecule has 1 aliphatic heterocycles. The average molecular weight is 358 g/mol. The molecule has 0 radical (unpaired) electrons. The molecule has 3 fully saturated rings. The van der Waals surface area contributed by atoms with Gasteiger partial charge in [-0.25, -0.2) is 0 Å². The predicted octanol–water partition coefficient (Wildman–Crippen LogP) is 3.38. The first-order valence-corrected chi connectivity index (χ1v) is 9.91. The first kappa shape index (κ1) is 18.1. The monoisotopic (exact) mass is 358 g/mol. The summed E-state index contributed by atoms with van der Waals surface area (Å²) < 4.78 is 5.75. The molecule has 4 rings (SSSR count). The van der Waals surface area contributed by atoms with Crippen molar-refractivity contribution < 1.29 is 19.4 Å². The maximum Gasteiger partial charge on any atom is 0.193 e. The molecule has 0 amide bonds. The molecule has 3 aliphatic carbocycles. The van der Waals surface area contributed by atoms with Gasteiger partial charge >= 0.3 is 0 Å². The minimum absolute atomic E-state index is 0.104. The summed E-state index contributed by atoms with van der Waals surface area (Å²) >= 11 is 0. The van der Waals surface area contributed by atoms with Gasteiger partial charge in [-0.3, -0.25) is 9.59 Å². The van der Waals surface area contributed by atoms with E-state index in [4.69, 9.17) is 4.74 Å². The van der Waals surface area contributed by atoms with Crippen molar-refractivity contribution in [2.24, 2.45) is 22.7 Å². The average Bonchev–Trinajstić information content (AvgIpc) is 3.30. The van der Waals surface area contributed by atoms with Crippen molar-refractivity contribution >= 4 is 11.6 Å². The zero-order valence-electron chi connectivity index (χ0n) is 16.1. The van der Waals surface area contributed by atoms with Crippen LogP contribution in [0.5, 0.6) is 0 Å². The van der Waals surface area contributed by atoms with Crippen molar-refractivity contribution in [3.8, 4) is 0 Å². The van der Waals surface area contributed by atoms with Crippen LogP contribution >= 0.6 is 0 Å². The van der Waals surface area contributed by atoms with Gasteiger partial charge in [0.25, 0.3) is 0 Å². The van der Waals surface area contributed by atoms with Crippen LogP contribution in [0.1, 0.15) is 59.3 Å². The topological polar surface area (TPSA) is 66.9 Å². The molecule has 1 saturated heterocycles. The number of fused-ring (bicyclic) bond motifs is 2. The van der Waals surface area contributed by atoms with Crippen molar-refractivity contribution in [1.82, 2.24) is 0 Å². The molecule has 0 aromatic carbocycles. The number of ether oxygens (including phenoxy) is 1. The van der Waals surface area contributed by atoms with E-state index in [1.807, 2.05) is 0 Å². The van der Waals surface area contributed by atoms with E-state index in [1.54, 1.807) is 0 Å². The third-order valence-electron chi connectivity index (χ3n) is 7.97. The third-order valence-corrected chi connectivity index (χ3v) is 7.97. The number of epoxide rings is 1. The smallest absolute Gasteiger partial charge is 0.193 e. The van der Waals surface area contributed by atoms with Gasteiger partial charge < -0.3 is 9.84 Å². The summed E-state index contributed by atoms with van der Waals surface area (Å²) in [5, 5.41) is 9.30. The Labute approximate surface area is 155 Å². The van der Waals surface area contributed by atoms with Crippen molar-refractivity contribution in [2.75, 3.05) is 6.61 Å². The Balaban J connectivity index is 1.66. The molecule has 1 heterocycles. The van der Waals surface area contributed by atoms with E-state index in [0.29, 0.717) is 17.8 Å². The van der Waals surface area contributed by atoms with Crippen molar-refractivity contribution in [3.63, 3.8) is 0 Å². The lowest BCUT2D eigenvalue weighted by atomic mass is 9.46. The molecule has 0 aromatic heterocycles. The van der Waals surface area contributed by atoms with Crippen LogP contribution in [0.3, 0.4) is 0 Å². The summed E-state index contributed by atoms with van der Waals surface area (Å²) in [5.41, 5.74) is 0.785. The number of hydrogen-bond donors (Lipinski definition) is 1. The van der Waals surface area contributed by atoms with Gasteiger partial charge in [-0.05, 0) is 60.8 Å². The number of carbonyl (C=O) groups is 2. The lowest BCUT2D eigenvalue weighted by Gasteiger charge is -2.58. The van der Waals surface area contributed by atoms with Crippen LogP contribution in [0.25, 0.3) is 0 Å². The van der Waals surface area contributed by atoms with Gasteiger partial charge in [0.15, 0.2) is 23.3 Å². The van der Waals surface area contributed by atoms with Crippen molar-refractivity contribution in [3.05, 3.63) is 23.8 Å². The van der Waals surface area contributed by atoms with Crippen LogP contribution in [-0.4, -0.2) is 35.0 Å². The number of aliphatic hydroxyl groups is 1. The fourth-order valence-electron chi connectivity index (χ4n) is 6.48. The largest absolute Gasteiger partial charge is 0.392 e. The maximum absolute atomic E-state index is 12.8. The molecular formula is C22H30O4. The molecule has 0 aromatic rings. The predicted molar refractivity (Wildman–Crippen MR) is 98.5 cm³/mol. The molecule has 5 unspecified atom stereocenters. The van der Waals surface area contributed by atoms with Crippen LogP contribution in [0.2, 0.25) is 0 Å². The Hall–Kier alpha value is -1.26. The van der Waals surface area contributed by atoms with Gasteiger partial charge in [0.2, 0.25) is 0 Å². The molecule has 4 nitrogen and oxygen atoms in total. The number of hydrogen-bond acceptors (Lipinski definition) is 4. The highest BCUT2D eigenvalue weighted by atomic mass is 16.6. The van der Waals surface area contributed by atoms with Gasteiger partial charge in [-0.15, -0.1) is 0 Å². The second kappa shape index (κ2) is 5.62. The standard InChI is InChI=1S/C22H30O4/c1-13-6-7-16-20(2,3)8-5-9-21(16,4)15(13)11-22-17(24)10-14(12-23)18(25)19(22)26-22/h10,15-16,19,23H,1,5-9,11-12H2,2-4H3. The van der Waals surface area contributed by atoms with Crippen molar-refractivity contribution in [2.45, 2.75) is 71.0 Å². The first-order valence-electron chi connectivity index (χ1n) is 9.91. The summed E-state index contributed by atoms with van der Waals surface area (Å²) in [6.45, 7) is 11.1. The number of allylic oxidation sites excluding steroid dienone is 1. The second-order valence-electron chi connectivity index (χ2n) is 9.80. The third kappa shape index (κ3) is 2.34. The van der Waals surface area contributed by atoms with Crippen LogP contribution < -0.4 is 0 Å². The molecular weight excluding hydrogens is 328 g/mol. The Kier molecular flexibility index (Phi) is 3.92. The van der Waals surface area contributed by atoms with Crippen molar-refractivity contribution in [1.29, 1.82) is 0 Å². The number of rotatable bonds is 3. The summed E-state index contributed by atoms with van der Waals surface area (Å²) in [4.78, 5) is 25.2. The van der Waals surface area contributed by atoms with E-state index in [9.17, 15) is 14.7 Å². The van der Waals surface area contributed by atoms with Crippen LogP contribution in [-0.2, 0) is 14.3 Å². The zero-order valence-corrected chi connectivity index (χ0v) is 16.1. The minimum atomic E-state index is -1.00. The van der Waals surface area contributed by atoms with Gasteiger partial charge in [0, 0.05) is 5.57 Å².